The number of nitrogens with zero attached hydrogens (tertiary/aromatic N) is 1. The zero-order chi connectivity index (χ0) is 14.5. The van der Waals surface area contributed by atoms with Crippen LogP contribution in [0.4, 0.5) is 0 Å². The van der Waals surface area contributed by atoms with E-state index in [0.717, 1.165) is 58.0 Å². The van der Waals surface area contributed by atoms with E-state index in [4.69, 9.17) is 0 Å². The summed E-state index contributed by atoms with van der Waals surface area (Å²) >= 11 is 0. The summed E-state index contributed by atoms with van der Waals surface area (Å²) in [4.78, 5) is 26.9. The van der Waals surface area contributed by atoms with Crippen LogP contribution in [0.25, 0.3) is 0 Å². The molecule has 0 bridgehead atoms. The van der Waals surface area contributed by atoms with Crippen LogP contribution in [0.1, 0.15) is 58.8 Å². The van der Waals surface area contributed by atoms with Gasteiger partial charge in [0.05, 0.1) is 5.92 Å². The number of hydrogen-bond acceptors (Lipinski definition) is 2. The number of amides is 2. The van der Waals surface area contributed by atoms with Crippen LogP contribution in [0.15, 0.2) is 0 Å². The maximum Gasteiger partial charge on any atom is 0.225 e. The van der Waals surface area contributed by atoms with Crippen LogP contribution >= 0.6 is 0 Å². The Balaban J connectivity index is 2.20. The summed E-state index contributed by atoms with van der Waals surface area (Å²) < 4.78 is 0. The maximum absolute atomic E-state index is 12.5. The van der Waals surface area contributed by atoms with Gasteiger partial charge >= 0.3 is 0 Å². The number of carbonyl (C=O) groups is 2. The molecule has 2 atom stereocenters. The predicted octanol–water partition coefficient (Wildman–Crippen LogP) is 2.33. The lowest BCUT2D eigenvalue weighted by Gasteiger charge is -2.40. The molecule has 2 rings (SSSR count). The van der Waals surface area contributed by atoms with Gasteiger partial charge in [-0.3, -0.25) is 9.59 Å². The molecule has 0 unspecified atom stereocenters. The van der Waals surface area contributed by atoms with E-state index in [0.29, 0.717) is 0 Å². The lowest BCUT2D eigenvalue weighted by atomic mass is 9.82. The molecular formula is C16H28N2O2. The average molecular weight is 280 g/mol. The van der Waals surface area contributed by atoms with Crippen LogP contribution in [0.2, 0.25) is 0 Å². The van der Waals surface area contributed by atoms with E-state index in [1.807, 2.05) is 18.7 Å². The second kappa shape index (κ2) is 7.09. The first kappa shape index (κ1) is 15.3. The third-order valence-electron chi connectivity index (χ3n) is 4.62. The quantitative estimate of drug-likeness (QED) is 0.801. The lowest BCUT2D eigenvalue weighted by Crippen LogP contribution is -2.52. The van der Waals surface area contributed by atoms with Gasteiger partial charge in [-0.25, -0.2) is 0 Å². The molecule has 2 amide bonds. The molecule has 20 heavy (non-hydrogen) atoms. The molecule has 4 heteroatoms. The molecule has 1 aliphatic heterocycles. The molecular weight excluding hydrogens is 252 g/mol. The zero-order valence-corrected chi connectivity index (χ0v) is 12.9. The molecule has 0 spiro atoms. The third kappa shape index (κ3) is 3.53. The second-order valence-corrected chi connectivity index (χ2v) is 6.50. The fourth-order valence-corrected chi connectivity index (χ4v) is 3.49. The summed E-state index contributed by atoms with van der Waals surface area (Å²) in [5, 5.41) is 3.06. The van der Waals surface area contributed by atoms with Crippen LogP contribution in [-0.4, -0.2) is 35.8 Å². The lowest BCUT2D eigenvalue weighted by molar-refractivity contribution is -0.141. The molecule has 1 N–H and O–H groups in total. The minimum absolute atomic E-state index is 0.00421. The highest BCUT2D eigenvalue weighted by Gasteiger charge is 2.37. The first-order valence-electron chi connectivity index (χ1n) is 8.19. The Kier molecular flexibility index (Phi) is 5.44. The molecule has 0 aromatic carbocycles. The van der Waals surface area contributed by atoms with Crippen molar-refractivity contribution >= 4 is 11.8 Å². The van der Waals surface area contributed by atoms with E-state index in [9.17, 15) is 9.59 Å². The van der Waals surface area contributed by atoms with Gasteiger partial charge in [0.15, 0.2) is 0 Å². The summed E-state index contributed by atoms with van der Waals surface area (Å²) in [6, 6.07) is 0.122. The highest BCUT2D eigenvalue weighted by molar-refractivity contribution is 5.82. The van der Waals surface area contributed by atoms with Gasteiger partial charge in [-0.15, -0.1) is 0 Å². The normalized spacial score (nSPS) is 28.8. The highest BCUT2D eigenvalue weighted by Crippen LogP contribution is 2.30. The molecule has 114 valence electrons. The number of rotatable bonds is 1. The Hall–Kier alpha value is -1.06. The van der Waals surface area contributed by atoms with Gasteiger partial charge in [0.2, 0.25) is 11.8 Å². The minimum Gasteiger partial charge on any atom is -0.356 e. The topological polar surface area (TPSA) is 49.4 Å². The first-order chi connectivity index (χ1) is 9.61. The Morgan fingerprint density at radius 3 is 2.65 bits per heavy atom. The van der Waals surface area contributed by atoms with Gasteiger partial charge in [0.25, 0.3) is 0 Å². The second-order valence-electron chi connectivity index (χ2n) is 6.50. The van der Waals surface area contributed by atoms with Gasteiger partial charge < -0.3 is 10.2 Å². The molecule has 4 nitrogen and oxygen atoms in total. The fraction of sp³-hybridized carbons (Fsp3) is 0.875. The molecule has 0 aromatic rings. The summed E-state index contributed by atoms with van der Waals surface area (Å²) in [7, 11) is 0. The Morgan fingerprint density at radius 2 is 1.90 bits per heavy atom. The summed E-state index contributed by atoms with van der Waals surface area (Å²) in [6.45, 7) is 5.53. The zero-order valence-electron chi connectivity index (χ0n) is 12.9. The third-order valence-corrected chi connectivity index (χ3v) is 4.62. The fourth-order valence-electron chi connectivity index (χ4n) is 3.49. The van der Waals surface area contributed by atoms with E-state index < -0.39 is 0 Å². The molecule has 1 saturated heterocycles. The number of nitrogens with one attached hydrogen (secondary N) is 1. The smallest absolute Gasteiger partial charge is 0.225 e. The van der Waals surface area contributed by atoms with Crippen molar-refractivity contribution < 1.29 is 9.59 Å². The molecule has 2 fully saturated rings. The Labute approximate surface area is 122 Å². The van der Waals surface area contributed by atoms with Gasteiger partial charge in [-0.2, -0.15) is 0 Å². The van der Waals surface area contributed by atoms with E-state index in [2.05, 4.69) is 5.32 Å². The van der Waals surface area contributed by atoms with E-state index in [1.165, 1.54) is 0 Å². The van der Waals surface area contributed by atoms with Crippen molar-refractivity contribution in [3.63, 3.8) is 0 Å². The highest BCUT2D eigenvalue weighted by atomic mass is 16.2. The largest absolute Gasteiger partial charge is 0.356 e. The average Bonchev–Trinajstić information content (AvgIpc) is 2.45. The Bertz CT molecular complexity index is 354. The Morgan fingerprint density at radius 1 is 1.15 bits per heavy atom. The van der Waals surface area contributed by atoms with Crippen molar-refractivity contribution in [1.82, 2.24) is 10.2 Å². The van der Waals surface area contributed by atoms with Crippen molar-refractivity contribution in [2.75, 3.05) is 13.1 Å². The summed E-state index contributed by atoms with van der Waals surface area (Å²) in [6.07, 6.45) is 7.31. The summed E-state index contributed by atoms with van der Waals surface area (Å²) in [5.74, 6) is 0.404. The first-order valence-corrected chi connectivity index (χ1v) is 8.19. The molecule has 1 saturated carbocycles. The monoisotopic (exact) mass is 280 g/mol. The van der Waals surface area contributed by atoms with Gasteiger partial charge in [0.1, 0.15) is 0 Å². The maximum atomic E-state index is 12.5. The van der Waals surface area contributed by atoms with Gasteiger partial charge in [-0.05, 0) is 32.1 Å². The van der Waals surface area contributed by atoms with Gasteiger partial charge in [0, 0.05) is 25.0 Å². The van der Waals surface area contributed by atoms with E-state index in [-0.39, 0.29) is 29.7 Å². The standard InChI is InChI=1S/C16H28N2O2/c1-12(2)16(20)18-11-7-3-6-10-17-15(19)13-8-4-5-9-14(13)18/h12-14H,3-11H2,1-2H3,(H,17,19)/t13-,14+/m1/s1. The van der Waals surface area contributed by atoms with Crippen LogP contribution in [0.5, 0.6) is 0 Å². The molecule has 0 radical (unpaired) electrons. The van der Waals surface area contributed by atoms with Crippen molar-refractivity contribution in [2.24, 2.45) is 11.8 Å². The number of carbonyl (C=O) groups excluding carboxylic acids is 2. The minimum atomic E-state index is 0.00421. The molecule has 1 heterocycles. The van der Waals surface area contributed by atoms with Crippen LogP contribution in [0.3, 0.4) is 0 Å². The van der Waals surface area contributed by atoms with Crippen molar-refractivity contribution in [3.8, 4) is 0 Å². The molecule has 1 aliphatic carbocycles. The van der Waals surface area contributed by atoms with Crippen molar-refractivity contribution in [1.29, 1.82) is 0 Å². The van der Waals surface area contributed by atoms with Crippen molar-refractivity contribution in [2.45, 2.75) is 64.8 Å². The van der Waals surface area contributed by atoms with Crippen LogP contribution in [-0.2, 0) is 9.59 Å². The van der Waals surface area contributed by atoms with Gasteiger partial charge in [-0.1, -0.05) is 26.7 Å². The number of fused-ring (bicyclic) bond motifs is 1. The van der Waals surface area contributed by atoms with Crippen molar-refractivity contribution in [3.05, 3.63) is 0 Å². The summed E-state index contributed by atoms with van der Waals surface area (Å²) in [5.41, 5.74) is 0. The van der Waals surface area contributed by atoms with Crippen LogP contribution in [0, 0.1) is 11.8 Å². The molecule has 0 aromatic heterocycles. The van der Waals surface area contributed by atoms with E-state index >= 15 is 0 Å². The molecule has 2 aliphatic rings. The van der Waals surface area contributed by atoms with Crippen LogP contribution < -0.4 is 5.32 Å². The predicted molar refractivity (Wildman–Crippen MR) is 79.2 cm³/mol. The number of hydrogen-bond donors (Lipinski definition) is 1. The SMILES string of the molecule is CC(C)C(=O)N1CCCCCNC(=O)[C@@H]2CCCC[C@@H]21. The van der Waals surface area contributed by atoms with E-state index in [1.54, 1.807) is 0 Å².